The molecular weight excluding hydrogens is 422 g/mol. The molecule has 0 aromatic heterocycles. The molecule has 0 aliphatic carbocycles. The third kappa shape index (κ3) is 14.8. The smallest absolute Gasteiger partial charge is 0.0858 e. The van der Waals surface area contributed by atoms with E-state index in [1.807, 2.05) is 59.5 Å². The van der Waals surface area contributed by atoms with Crippen molar-refractivity contribution in [2.75, 3.05) is 31.2 Å². The van der Waals surface area contributed by atoms with Crippen LogP contribution in [0.2, 0.25) is 0 Å². The molecule has 0 saturated carbocycles. The Morgan fingerprint density at radius 1 is 0.559 bits per heavy atom. The van der Waals surface area contributed by atoms with Crippen molar-refractivity contribution in [3.8, 4) is 0 Å². The van der Waals surface area contributed by atoms with E-state index in [0.29, 0.717) is 13.1 Å². The van der Waals surface area contributed by atoms with Crippen molar-refractivity contribution in [3.63, 3.8) is 0 Å². The van der Waals surface area contributed by atoms with Gasteiger partial charge in [-0.15, -0.1) is 0 Å². The Labute approximate surface area is 207 Å². The van der Waals surface area contributed by atoms with Crippen molar-refractivity contribution in [3.05, 3.63) is 54.6 Å². The third-order valence-corrected chi connectivity index (χ3v) is 5.70. The van der Waals surface area contributed by atoms with Gasteiger partial charge in [0, 0.05) is 18.8 Å². The van der Waals surface area contributed by atoms with Gasteiger partial charge in [-0.1, -0.05) is 103 Å². The molecule has 0 aliphatic heterocycles. The van der Waals surface area contributed by atoms with Crippen LogP contribution in [-0.4, -0.2) is 36.5 Å². The molecule has 0 bridgehead atoms. The summed E-state index contributed by atoms with van der Waals surface area (Å²) in [6.45, 7) is 5.65. The van der Waals surface area contributed by atoms with Crippen LogP contribution in [0.15, 0.2) is 64.8 Å². The van der Waals surface area contributed by atoms with Gasteiger partial charge in [-0.25, -0.2) is 0 Å². The van der Waals surface area contributed by atoms with Gasteiger partial charge in [0.2, 0.25) is 0 Å². The molecular formula is C29H47N3O2. The molecule has 5 nitrogen and oxygen atoms in total. The van der Waals surface area contributed by atoms with Gasteiger partial charge in [-0.3, -0.25) is 0 Å². The Kier molecular flexibility index (Phi) is 18.7. The number of nitrogens with zero attached hydrogens (tertiary/aromatic N) is 3. The van der Waals surface area contributed by atoms with Crippen molar-refractivity contribution in [2.45, 2.75) is 84.5 Å². The second-order valence-corrected chi connectivity index (χ2v) is 8.67. The van der Waals surface area contributed by atoms with Crippen molar-refractivity contribution >= 4 is 17.1 Å². The molecule has 2 N–H and O–H groups in total. The minimum atomic E-state index is 0.0511. The molecule has 190 valence electrons. The van der Waals surface area contributed by atoms with Crippen LogP contribution in [-0.2, 0) is 0 Å². The Hall–Kier alpha value is -2.24. The number of benzene rings is 2. The van der Waals surface area contributed by atoms with Gasteiger partial charge in [0.05, 0.1) is 24.6 Å². The number of unbranched alkanes of at least 4 members (excludes halogenated alkanes) is 10. The first-order valence-corrected chi connectivity index (χ1v) is 13.3. The fourth-order valence-corrected chi connectivity index (χ4v) is 3.69. The molecule has 0 spiro atoms. The highest BCUT2D eigenvalue weighted by Crippen LogP contribution is 2.22. The monoisotopic (exact) mass is 469 g/mol. The zero-order valence-corrected chi connectivity index (χ0v) is 21.5. The van der Waals surface area contributed by atoms with Crippen molar-refractivity contribution in [1.29, 1.82) is 0 Å². The highest BCUT2D eigenvalue weighted by molar-refractivity contribution is 5.53. The average molecular weight is 470 g/mol. The van der Waals surface area contributed by atoms with Crippen LogP contribution >= 0.6 is 0 Å². The van der Waals surface area contributed by atoms with Crippen LogP contribution in [0.5, 0.6) is 0 Å². The number of hydrogen-bond donors (Lipinski definition) is 2. The van der Waals surface area contributed by atoms with Gasteiger partial charge in [-0.05, 0) is 36.4 Å². The van der Waals surface area contributed by atoms with E-state index < -0.39 is 0 Å². The summed E-state index contributed by atoms with van der Waals surface area (Å²) in [5, 5.41) is 26.4. The van der Waals surface area contributed by atoms with Crippen LogP contribution in [0.3, 0.4) is 0 Å². The lowest BCUT2D eigenvalue weighted by Crippen LogP contribution is -2.29. The number of aliphatic hydroxyl groups excluding tert-OH is 2. The largest absolute Gasteiger partial charge is 0.395 e. The van der Waals surface area contributed by atoms with E-state index in [1.54, 1.807) is 0 Å². The number of azo groups is 1. The molecule has 0 unspecified atom stereocenters. The lowest BCUT2D eigenvalue weighted by molar-refractivity contribution is 0.281. The van der Waals surface area contributed by atoms with E-state index in [4.69, 9.17) is 10.2 Å². The summed E-state index contributed by atoms with van der Waals surface area (Å²) in [6.07, 6.45) is 15.9. The topological polar surface area (TPSA) is 68.4 Å². The van der Waals surface area contributed by atoms with Crippen molar-refractivity contribution < 1.29 is 10.2 Å². The minimum Gasteiger partial charge on any atom is -0.395 e. The molecule has 34 heavy (non-hydrogen) atoms. The zero-order chi connectivity index (χ0) is 24.7. The Bertz CT molecular complexity index is 704. The molecule has 0 atom stereocenters. The van der Waals surface area contributed by atoms with E-state index in [-0.39, 0.29) is 13.2 Å². The summed E-state index contributed by atoms with van der Waals surface area (Å²) in [6, 6.07) is 17.1. The van der Waals surface area contributed by atoms with Crippen molar-refractivity contribution in [1.82, 2.24) is 0 Å². The van der Waals surface area contributed by atoms with E-state index in [9.17, 15) is 0 Å². The average Bonchev–Trinajstić information content (AvgIpc) is 2.88. The maximum atomic E-state index is 9.03. The lowest BCUT2D eigenvalue weighted by Gasteiger charge is -2.22. The summed E-state index contributed by atoms with van der Waals surface area (Å²) in [7, 11) is 0. The molecule has 2 aromatic carbocycles. The number of hydrogen-bond acceptors (Lipinski definition) is 5. The molecule has 0 fully saturated rings. The van der Waals surface area contributed by atoms with Crippen LogP contribution in [0, 0.1) is 0 Å². The van der Waals surface area contributed by atoms with Gasteiger partial charge < -0.3 is 15.1 Å². The van der Waals surface area contributed by atoms with Gasteiger partial charge in [0.25, 0.3) is 0 Å². The number of anilines is 1. The normalized spacial score (nSPS) is 10.8. The molecule has 2 aromatic rings. The predicted octanol–water partition coefficient (Wildman–Crippen LogP) is 8.21. The highest BCUT2D eigenvalue weighted by Gasteiger charge is 2.04. The predicted molar refractivity (Wildman–Crippen MR) is 146 cm³/mol. The Morgan fingerprint density at radius 3 is 1.38 bits per heavy atom. The SMILES string of the molecule is CCCCCCCCCCCCC.OCCN(CCO)c1ccc(N=Nc2ccccc2)cc1. The van der Waals surface area contributed by atoms with Gasteiger partial charge >= 0.3 is 0 Å². The summed E-state index contributed by atoms with van der Waals surface area (Å²) >= 11 is 0. The molecule has 0 aliphatic rings. The second-order valence-electron chi connectivity index (χ2n) is 8.67. The fraction of sp³-hybridized carbons (Fsp3) is 0.586. The van der Waals surface area contributed by atoms with Crippen molar-refractivity contribution in [2.24, 2.45) is 10.2 Å². The molecule has 5 heteroatoms. The van der Waals surface area contributed by atoms with E-state index in [1.165, 1.54) is 70.6 Å². The van der Waals surface area contributed by atoms with Crippen LogP contribution in [0.1, 0.15) is 84.5 Å². The fourth-order valence-electron chi connectivity index (χ4n) is 3.69. The van der Waals surface area contributed by atoms with E-state index in [0.717, 1.165) is 17.1 Å². The molecule has 0 saturated heterocycles. The maximum absolute atomic E-state index is 9.03. The first kappa shape index (κ1) is 29.8. The van der Waals surface area contributed by atoms with Gasteiger partial charge in [0.1, 0.15) is 0 Å². The first-order valence-electron chi connectivity index (χ1n) is 13.3. The number of rotatable bonds is 17. The van der Waals surface area contributed by atoms with Gasteiger partial charge in [-0.2, -0.15) is 10.2 Å². The standard InChI is InChI=1S/C16H19N3O2.C13H28/c20-12-10-19(11-13-21)16-8-6-15(7-9-16)18-17-14-4-2-1-3-5-14;1-3-5-7-9-11-13-12-10-8-6-4-2/h1-9,20-21H,10-13H2;3-13H2,1-2H3. The first-order chi connectivity index (χ1) is 16.7. The summed E-state index contributed by atoms with van der Waals surface area (Å²) in [5.74, 6) is 0. The lowest BCUT2D eigenvalue weighted by atomic mass is 10.1. The van der Waals surface area contributed by atoms with E-state index >= 15 is 0 Å². The Morgan fingerprint density at radius 2 is 0.971 bits per heavy atom. The molecule has 0 heterocycles. The summed E-state index contributed by atoms with van der Waals surface area (Å²) in [4.78, 5) is 1.91. The van der Waals surface area contributed by atoms with Crippen LogP contribution < -0.4 is 4.90 Å². The third-order valence-electron chi connectivity index (χ3n) is 5.70. The molecule has 2 rings (SSSR count). The minimum absolute atomic E-state index is 0.0511. The second kappa shape index (κ2) is 21.3. The highest BCUT2D eigenvalue weighted by atomic mass is 16.3. The molecule has 0 radical (unpaired) electrons. The molecule has 0 amide bonds. The quantitative estimate of drug-likeness (QED) is 0.181. The maximum Gasteiger partial charge on any atom is 0.0858 e. The summed E-state index contributed by atoms with van der Waals surface area (Å²) < 4.78 is 0. The summed E-state index contributed by atoms with van der Waals surface area (Å²) in [5.41, 5.74) is 2.51. The van der Waals surface area contributed by atoms with Crippen LogP contribution in [0.25, 0.3) is 0 Å². The number of aliphatic hydroxyl groups is 2. The Balaban J connectivity index is 0.000000385. The zero-order valence-electron chi connectivity index (χ0n) is 21.5. The van der Waals surface area contributed by atoms with Crippen LogP contribution in [0.4, 0.5) is 17.1 Å². The van der Waals surface area contributed by atoms with Gasteiger partial charge in [0.15, 0.2) is 0 Å². The van der Waals surface area contributed by atoms with E-state index in [2.05, 4.69) is 24.1 Å².